The van der Waals surface area contributed by atoms with Gasteiger partial charge >= 0.3 is 12.1 Å². The number of benzene rings is 1. The summed E-state index contributed by atoms with van der Waals surface area (Å²) in [6.45, 7) is 2.71. The van der Waals surface area contributed by atoms with Crippen molar-refractivity contribution in [3.05, 3.63) is 52.6 Å². The van der Waals surface area contributed by atoms with Crippen LogP contribution in [0, 0.1) is 6.92 Å². The van der Waals surface area contributed by atoms with Crippen LogP contribution in [-0.2, 0) is 17.4 Å². The van der Waals surface area contributed by atoms with Gasteiger partial charge in [0.05, 0.1) is 11.3 Å². The number of carboxylic acids is 1. The van der Waals surface area contributed by atoms with Gasteiger partial charge in [0.2, 0.25) is 0 Å². The number of hydrogen-bond donors (Lipinski definition) is 3. The van der Waals surface area contributed by atoms with Crippen LogP contribution in [0.15, 0.2) is 24.3 Å². The fourth-order valence-electron chi connectivity index (χ4n) is 2.24. The monoisotopic (exact) mass is 383 g/mol. The van der Waals surface area contributed by atoms with E-state index in [2.05, 4.69) is 15.3 Å². The van der Waals surface area contributed by atoms with Crippen LogP contribution in [0.3, 0.4) is 0 Å². The molecule has 1 atom stereocenters. The summed E-state index contributed by atoms with van der Waals surface area (Å²) in [6.07, 6.45) is -4.50. The second-order valence-electron chi connectivity index (χ2n) is 5.82. The first-order chi connectivity index (χ1) is 12.5. The highest BCUT2D eigenvalue weighted by Crippen LogP contribution is 2.30. The first-order valence-electron chi connectivity index (χ1n) is 7.75. The van der Waals surface area contributed by atoms with E-state index in [9.17, 15) is 27.9 Å². The Bertz CT molecular complexity index is 867. The summed E-state index contributed by atoms with van der Waals surface area (Å²) in [5.41, 5.74) is -0.744. The van der Waals surface area contributed by atoms with E-state index < -0.39 is 41.1 Å². The molecule has 1 aromatic carbocycles. The number of hydrogen-bond acceptors (Lipinski definition) is 5. The number of carbonyl (C=O) groups excluding carboxylic acids is 1. The van der Waals surface area contributed by atoms with Crippen molar-refractivity contribution in [1.29, 1.82) is 0 Å². The van der Waals surface area contributed by atoms with E-state index in [1.165, 1.54) is 26.0 Å². The summed E-state index contributed by atoms with van der Waals surface area (Å²) in [4.78, 5) is 30.8. The van der Waals surface area contributed by atoms with Gasteiger partial charge in [0.15, 0.2) is 11.4 Å². The number of aromatic hydroxyl groups is 1. The van der Waals surface area contributed by atoms with E-state index in [0.29, 0.717) is 5.56 Å². The van der Waals surface area contributed by atoms with Gasteiger partial charge in [-0.2, -0.15) is 13.2 Å². The van der Waals surface area contributed by atoms with Crippen LogP contribution in [0.4, 0.5) is 13.2 Å². The number of aryl methyl sites for hydroxylation is 1. The molecule has 1 heterocycles. The molecule has 0 unspecified atom stereocenters. The van der Waals surface area contributed by atoms with Crippen molar-refractivity contribution < 1.29 is 33.0 Å². The molecular weight excluding hydrogens is 367 g/mol. The van der Waals surface area contributed by atoms with E-state index in [-0.39, 0.29) is 17.9 Å². The second-order valence-corrected chi connectivity index (χ2v) is 5.82. The van der Waals surface area contributed by atoms with Gasteiger partial charge in [-0.05, 0) is 31.5 Å². The van der Waals surface area contributed by atoms with Crippen LogP contribution >= 0.6 is 0 Å². The van der Waals surface area contributed by atoms with Crippen molar-refractivity contribution in [1.82, 2.24) is 15.3 Å². The average Bonchev–Trinajstić information content (AvgIpc) is 2.57. The van der Waals surface area contributed by atoms with Gasteiger partial charge in [-0.15, -0.1) is 0 Å². The molecule has 7 nitrogen and oxygen atoms in total. The highest BCUT2D eigenvalue weighted by molar-refractivity contribution is 5.97. The molecule has 0 fully saturated rings. The van der Waals surface area contributed by atoms with Crippen LogP contribution in [0.5, 0.6) is 5.75 Å². The maximum absolute atomic E-state index is 12.6. The highest BCUT2D eigenvalue weighted by atomic mass is 19.4. The van der Waals surface area contributed by atoms with Crippen molar-refractivity contribution in [3.63, 3.8) is 0 Å². The molecule has 0 aliphatic carbocycles. The summed E-state index contributed by atoms with van der Waals surface area (Å²) in [6, 6.07) is 3.09. The summed E-state index contributed by atoms with van der Waals surface area (Å²) >= 11 is 0. The van der Waals surface area contributed by atoms with Gasteiger partial charge in [-0.25, -0.2) is 9.97 Å². The number of amides is 1. The van der Waals surface area contributed by atoms with Gasteiger partial charge in [0.25, 0.3) is 5.91 Å². The number of alkyl halides is 3. The van der Waals surface area contributed by atoms with E-state index in [1.54, 1.807) is 0 Å². The van der Waals surface area contributed by atoms with Crippen molar-refractivity contribution >= 4 is 11.9 Å². The molecule has 144 valence electrons. The first kappa shape index (κ1) is 20.1. The summed E-state index contributed by atoms with van der Waals surface area (Å²) < 4.78 is 37.9. The Morgan fingerprint density at radius 3 is 2.30 bits per heavy atom. The highest BCUT2D eigenvalue weighted by Gasteiger charge is 2.30. The number of nitrogens with one attached hydrogen (secondary N) is 1. The summed E-state index contributed by atoms with van der Waals surface area (Å²) in [5.74, 6) is -2.58. The molecule has 0 saturated heterocycles. The molecule has 0 radical (unpaired) electrons. The minimum Gasteiger partial charge on any atom is -0.504 e. The number of aromatic nitrogens is 2. The molecule has 27 heavy (non-hydrogen) atoms. The minimum atomic E-state index is -4.46. The average molecular weight is 383 g/mol. The third-order valence-corrected chi connectivity index (χ3v) is 3.65. The zero-order chi connectivity index (χ0) is 20.4. The lowest BCUT2D eigenvalue weighted by atomic mass is 10.1. The Hall–Kier alpha value is -3.17. The molecular formula is C17H16F3N3O4. The molecule has 0 aliphatic rings. The standard InChI is InChI=1S/C17H16F3N3O4/c1-8(16(26)27)21-15(25)13-14(24)12(22-9(2)23-13)7-10-3-5-11(6-4-10)17(18,19)20/h3-6,8,24H,7H2,1-2H3,(H,21,25)(H,26,27)/t8-/m0/s1. The first-order valence-corrected chi connectivity index (χ1v) is 7.75. The quantitative estimate of drug-likeness (QED) is 0.730. The molecule has 2 aromatic rings. The van der Waals surface area contributed by atoms with Crippen LogP contribution in [0.25, 0.3) is 0 Å². The smallest absolute Gasteiger partial charge is 0.416 e. The molecule has 0 bridgehead atoms. The fraction of sp³-hybridized carbons (Fsp3) is 0.294. The van der Waals surface area contributed by atoms with Crippen molar-refractivity contribution in [2.45, 2.75) is 32.5 Å². The Morgan fingerprint density at radius 2 is 1.78 bits per heavy atom. The molecule has 10 heteroatoms. The van der Waals surface area contributed by atoms with Gasteiger partial charge in [0, 0.05) is 6.42 Å². The molecule has 2 rings (SSSR count). The fourth-order valence-corrected chi connectivity index (χ4v) is 2.24. The molecule has 1 aromatic heterocycles. The van der Waals surface area contributed by atoms with E-state index in [1.807, 2.05) is 0 Å². The molecule has 0 aliphatic heterocycles. The lowest BCUT2D eigenvalue weighted by Gasteiger charge is -2.13. The van der Waals surface area contributed by atoms with E-state index >= 15 is 0 Å². The van der Waals surface area contributed by atoms with Gasteiger partial charge in [0.1, 0.15) is 11.9 Å². The minimum absolute atomic E-state index is 0.0374. The van der Waals surface area contributed by atoms with Crippen LogP contribution < -0.4 is 5.32 Å². The van der Waals surface area contributed by atoms with Gasteiger partial charge < -0.3 is 15.5 Å². The number of nitrogens with zero attached hydrogens (tertiary/aromatic N) is 2. The maximum Gasteiger partial charge on any atom is 0.416 e. The van der Waals surface area contributed by atoms with Crippen molar-refractivity contribution in [2.75, 3.05) is 0 Å². The number of halogens is 3. The molecule has 3 N–H and O–H groups in total. The number of carboxylic acid groups (broad SMARTS) is 1. The lowest BCUT2D eigenvalue weighted by molar-refractivity contribution is -0.139. The van der Waals surface area contributed by atoms with E-state index in [4.69, 9.17) is 5.11 Å². The third-order valence-electron chi connectivity index (χ3n) is 3.65. The Balaban J connectivity index is 2.29. The Morgan fingerprint density at radius 1 is 1.19 bits per heavy atom. The predicted octanol–water partition coefficient (Wildman–Crippen LogP) is 2.30. The zero-order valence-corrected chi connectivity index (χ0v) is 14.3. The molecule has 0 spiro atoms. The van der Waals surface area contributed by atoms with E-state index in [0.717, 1.165) is 12.1 Å². The normalized spacial score (nSPS) is 12.5. The summed E-state index contributed by atoms with van der Waals surface area (Å²) in [5, 5.41) is 21.3. The molecule has 0 saturated carbocycles. The number of rotatable bonds is 5. The topological polar surface area (TPSA) is 112 Å². The maximum atomic E-state index is 12.6. The zero-order valence-electron chi connectivity index (χ0n) is 14.3. The van der Waals surface area contributed by atoms with Crippen LogP contribution in [0.1, 0.15) is 40.1 Å². The SMILES string of the molecule is Cc1nc(Cc2ccc(C(F)(F)F)cc2)c(O)c(C(=O)N[C@@H](C)C(=O)O)n1. The van der Waals surface area contributed by atoms with Crippen LogP contribution in [-0.4, -0.2) is 38.1 Å². The lowest BCUT2D eigenvalue weighted by Crippen LogP contribution is -2.38. The predicted molar refractivity (Wildman–Crippen MR) is 87.2 cm³/mol. The third kappa shape index (κ3) is 4.93. The van der Waals surface area contributed by atoms with Crippen LogP contribution in [0.2, 0.25) is 0 Å². The van der Waals surface area contributed by atoms with Crippen molar-refractivity contribution in [2.24, 2.45) is 0 Å². The second kappa shape index (κ2) is 7.60. The Labute approximate surface area is 151 Å². The summed E-state index contributed by atoms with van der Waals surface area (Å²) in [7, 11) is 0. The molecule has 1 amide bonds. The number of carbonyl (C=O) groups is 2. The van der Waals surface area contributed by atoms with Crippen molar-refractivity contribution in [3.8, 4) is 5.75 Å². The Kier molecular flexibility index (Phi) is 5.67. The number of aliphatic carboxylic acids is 1. The van der Waals surface area contributed by atoms with Gasteiger partial charge in [-0.1, -0.05) is 12.1 Å². The van der Waals surface area contributed by atoms with Gasteiger partial charge in [-0.3, -0.25) is 9.59 Å². The largest absolute Gasteiger partial charge is 0.504 e.